The minimum Gasteiger partial charge on any atom is -0.399 e. The molecule has 0 aliphatic rings. The Hall–Kier alpha value is -1.60. The fraction of sp³-hybridized carbons (Fsp3) is 0.0588. The second kappa shape index (κ2) is 8.49. The van der Waals surface area contributed by atoms with Crippen LogP contribution in [0.4, 0.5) is 0 Å². The minimum atomic E-state index is 0. The molecule has 0 unspecified atom stereocenters. The van der Waals surface area contributed by atoms with E-state index in [-0.39, 0.29) is 23.7 Å². The van der Waals surface area contributed by atoms with Crippen LogP contribution in [0.1, 0.15) is 5.56 Å². The maximum Gasteiger partial charge on any atom is 2.00 e. The van der Waals surface area contributed by atoms with Crippen LogP contribution in [0.2, 0.25) is 0 Å². The van der Waals surface area contributed by atoms with Crippen molar-refractivity contribution in [3.8, 4) is 11.1 Å². The number of aliphatic hydroxyl groups excluding tert-OH is 1. The first-order valence-corrected chi connectivity index (χ1v) is 5.99. The van der Waals surface area contributed by atoms with Crippen LogP contribution in [0.5, 0.6) is 0 Å². The van der Waals surface area contributed by atoms with Gasteiger partial charge in [0.1, 0.15) is 0 Å². The largest absolute Gasteiger partial charge is 2.00 e. The van der Waals surface area contributed by atoms with Crippen molar-refractivity contribution in [2.75, 3.05) is 0 Å². The van der Waals surface area contributed by atoms with Crippen LogP contribution in [0.25, 0.3) is 11.1 Å². The van der Waals surface area contributed by atoms with Crippen molar-refractivity contribution < 1.29 is 22.2 Å². The van der Waals surface area contributed by atoms with E-state index in [2.05, 4.69) is 12.1 Å². The van der Waals surface area contributed by atoms with Crippen LogP contribution in [0.15, 0.2) is 78.9 Å². The first kappa shape index (κ1) is 15.5. The van der Waals surface area contributed by atoms with Gasteiger partial charge >= 0.3 is 17.1 Å². The van der Waals surface area contributed by atoms with Crippen molar-refractivity contribution >= 4 is 0 Å². The zero-order chi connectivity index (χ0) is 12.6. The topological polar surface area (TPSA) is 20.2 Å². The van der Waals surface area contributed by atoms with Crippen molar-refractivity contribution in [3.63, 3.8) is 0 Å². The predicted octanol–water partition coefficient (Wildman–Crippen LogP) is 3.97. The first-order chi connectivity index (χ1) is 8.92. The SMILES string of the molecule is OCc1ccccc1-[c-]1cccc1.[Fe+2].c1cc[cH-]c1. The molecule has 98 valence electrons. The molecule has 3 rings (SSSR count). The third-order valence-electron chi connectivity index (χ3n) is 2.72. The van der Waals surface area contributed by atoms with Gasteiger partial charge in [-0.3, -0.25) is 0 Å². The summed E-state index contributed by atoms with van der Waals surface area (Å²) in [6.07, 6.45) is 0. The zero-order valence-corrected chi connectivity index (χ0v) is 11.6. The van der Waals surface area contributed by atoms with Gasteiger partial charge in [0, 0.05) is 6.61 Å². The first-order valence-electron chi connectivity index (χ1n) is 5.99. The van der Waals surface area contributed by atoms with Gasteiger partial charge < -0.3 is 5.11 Å². The van der Waals surface area contributed by atoms with Crippen LogP contribution in [0.3, 0.4) is 0 Å². The van der Waals surface area contributed by atoms with Gasteiger partial charge in [-0.05, 0) is 0 Å². The molecule has 0 amide bonds. The second-order valence-corrected chi connectivity index (χ2v) is 3.95. The average Bonchev–Trinajstić information content (AvgIpc) is 3.14. The summed E-state index contributed by atoms with van der Waals surface area (Å²) in [5, 5.41) is 9.12. The van der Waals surface area contributed by atoms with E-state index in [9.17, 15) is 0 Å². The normalized spacial score (nSPS) is 9.11. The van der Waals surface area contributed by atoms with Crippen LogP contribution in [-0.4, -0.2) is 5.11 Å². The average molecular weight is 292 g/mol. The maximum atomic E-state index is 9.12. The van der Waals surface area contributed by atoms with Gasteiger partial charge in [-0.1, -0.05) is 29.3 Å². The fourth-order valence-electron chi connectivity index (χ4n) is 1.81. The Labute approximate surface area is 124 Å². The fourth-order valence-corrected chi connectivity index (χ4v) is 1.81. The van der Waals surface area contributed by atoms with Gasteiger partial charge in [-0.2, -0.15) is 30.3 Å². The van der Waals surface area contributed by atoms with E-state index >= 15 is 0 Å². The van der Waals surface area contributed by atoms with Crippen molar-refractivity contribution in [2.45, 2.75) is 6.61 Å². The summed E-state index contributed by atoms with van der Waals surface area (Å²) in [5.41, 5.74) is 3.27. The molecule has 0 saturated heterocycles. The molecule has 2 heteroatoms. The molecule has 1 nitrogen and oxygen atoms in total. The molecule has 3 aromatic carbocycles. The summed E-state index contributed by atoms with van der Waals surface area (Å²) in [5.74, 6) is 0. The molecular formula is C17H16FeO. The van der Waals surface area contributed by atoms with Gasteiger partial charge in [0.2, 0.25) is 0 Å². The Balaban J connectivity index is 0.000000256. The number of hydrogen-bond donors (Lipinski definition) is 1. The standard InChI is InChI=1S/C12H11O.C5H5.Fe/c13-9-11-7-3-4-8-12(11)10-5-1-2-6-10;1-2-4-5-3-1;/h1-8,13H,9H2;1-5H;/q2*-1;+2. The van der Waals surface area contributed by atoms with E-state index in [1.165, 1.54) is 5.56 Å². The summed E-state index contributed by atoms with van der Waals surface area (Å²) in [7, 11) is 0. The molecule has 0 spiro atoms. The molecule has 0 atom stereocenters. The summed E-state index contributed by atoms with van der Waals surface area (Å²) >= 11 is 0. The van der Waals surface area contributed by atoms with E-state index in [0.717, 1.165) is 11.1 Å². The molecule has 0 saturated carbocycles. The molecule has 19 heavy (non-hydrogen) atoms. The van der Waals surface area contributed by atoms with Crippen LogP contribution in [0, 0.1) is 0 Å². The van der Waals surface area contributed by atoms with Gasteiger partial charge in [0.05, 0.1) is 0 Å². The predicted molar refractivity (Wildman–Crippen MR) is 75.4 cm³/mol. The molecule has 0 fully saturated rings. The summed E-state index contributed by atoms with van der Waals surface area (Å²) in [6, 6.07) is 26.0. The second-order valence-electron chi connectivity index (χ2n) is 3.95. The third kappa shape index (κ3) is 4.53. The van der Waals surface area contributed by atoms with Crippen molar-refractivity contribution in [2.24, 2.45) is 0 Å². The summed E-state index contributed by atoms with van der Waals surface area (Å²) in [6.45, 7) is 0.0986. The monoisotopic (exact) mass is 292 g/mol. The maximum absolute atomic E-state index is 9.12. The van der Waals surface area contributed by atoms with Crippen LogP contribution in [-0.2, 0) is 23.7 Å². The zero-order valence-electron chi connectivity index (χ0n) is 10.5. The number of benzene rings is 1. The summed E-state index contributed by atoms with van der Waals surface area (Å²) in [4.78, 5) is 0. The smallest absolute Gasteiger partial charge is 0.399 e. The number of hydrogen-bond acceptors (Lipinski definition) is 1. The van der Waals surface area contributed by atoms with Gasteiger partial charge in [0.15, 0.2) is 0 Å². The quantitative estimate of drug-likeness (QED) is 0.560. The van der Waals surface area contributed by atoms with E-state index in [0.29, 0.717) is 0 Å². The Morgan fingerprint density at radius 3 is 2.05 bits per heavy atom. The molecule has 3 aromatic rings. The van der Waals surface area contributed by atoms with E-state index < -0.39 is 0 Å². The molecule has 0 heterocycles. The van der Waals surface area contributed by atoms with Gasteiger partial charge in [-0.25, -0.2) is 12.1 Å². The van der Waals surface area contributed by atoms with E-state index in [1.807, 2.05) is 66.7 Å². The van der Waals surface area contributed by atoms with Crippen molar-refractivity contribution in [1.29, 1.82) is 0 Å². The van der Waals surface area contributed by atoms with Gasteiger partial charge in [0.25, 0.3) is 0 Å². The Morgan fingerprint density at radius 1 is 0.895 bits per heavy atom. The Morgan fingerprint density at radius 2 is 1.53 bits per heavy atom. The van der Waals surface area contributed by atoms with E-state index in [1.54, 1.807) is 0 Å². The van der Waals surface area contributed by atoms with Crippen LogP contribution >= 0.6 is 0 Å². The molecule has 0 radical (unpaired) electrons. The van der Waals surface area contributed by atoms with Crippen molar-refractivity contribution in [1.82, 2.24) is 0 Å². The van der Waals surface area contributed by atoms with Crippen molar-refractivity contribution in [3.05, 3.63) is 84.4 Å². The molecular weight excluding hydrogens is 276 g/mol. The van der Waals surface area contributed by atoms with Crippen LogP contribution < -0.4 is 0 Å². The minimum absolute atomic E-state index is 0. The molecule has 0 aliphatic carbocycles. The number of aliphatic hydroxyl groups is 1. The van der Waals surface area contributed by atoms with Gasteiger partial charge in [-0.15, -0.1) is 23.8 Å². The number of rotatable bonds is 2. The Bertz CT molecular complexity index is 521. The third-order valence-corrected chi connectivity index (χ3v) is 2.72. The molecule has 0 aliphatic heterocycles. The molecule has 1 N–H and O–H groups in total. The Kier molecular flexibility index (Phi) is 6.91. The summed E-state index contributed by atoms with van der Waals surface area (Å²) < 4.78 is 0. The molecule has 0 bridgehead atoms. The van der Waals surface area contributed by atoms with E-state index in [4.69, 9.17) is 5.11 Å². The molecule has 0 aromatic heterocycles.